The van der Waals surface area contributed by atoms with E-state index in [-0.39, 0.29) is 23.2 Å². The summed E-state index contributed by atoms with van der Waals surface area (Å²) >= 11 is 0. The first-order valence-electron chi connectivity index (χ1n) is 8.94. The van der Waals surface area contributed by atoms with Gasteiger partial charge in [-0.1, -0.05) is 12.1 Å². The molecule has 0 N–H and O–H groups in total. The molecule has 146 valence electrons. The van der Waals surface area contributed by atoms with E-state index >= 15 is 0 Å². The van der Waals surface area contributed by atoms with Crippen LogP contribution in [0.4, 0.5) is 0 Å². The lowest BCUT2D eigenvalue weighted by molar-refractivity contribution is 0.0758. The predicted molar refractivity (Wildman–Crippen MR) is 102 cm³/mol. The molecule has 1 aromatic carbocycles. The van der Waals surface area contributed by atoms with Crippen LogP contribution in [0.3, 0.4) is 0 Å². The van der Waals surface area contributed by atoms with Gasteiger partial charge in [0, 0.05) is 39.4 Å². The molecule has 10 heteroatoms. The summed E-state index contributed by atoms with van der Waals surface area (Å²) in [6.45, 7) is 1.30. The molecule has 0 unspecified atom stereocenters. The number of benzene rings is 1. The second kappa shape index (κ2) is 7.28. The fraction of sp³-hybridized carbons (Fsp3) is 0.333. The zero-order valence-electron chi connectivity index (χ0n) is 15.4. The van der Waals surface area contributed by atoms with Crippen molar-refractivity contribution in [2.75, 3.05) is 26.2 Å². The fourth-order valence-electron chi connectivity index (χ4n) is 3.21. The highest BCUT2D eigenvalue weighted by atomic mass is 32.2. The third kappa shape index (κ3) is 3.48. The highest BCUT2D eigenvalue weighted by Crippen LogP contribution is 2.17. The standard InChI is InChI=1S/C18H20N6O3S/c1-22-12-17(20-13-22)28(26,27)24-8-4-7-23(9-10-24)18(25)16-11-19-14-5-2-3-6-15(14)21-16/h2-3,5-6,11-13H,4,7-10H2,1H3. The summed E-state index contributed by atoms with van der Waals surface area (Å²) in [4.78, 5) is 27.1. The number of imidazole rings is 1. The van der Waals surface area contributed by atoms with E-state index in [0.29, 0.717) is 31.6 Å². The average Bonchev–Trinajstić information content (AvgIpc) is 2.99. The van der Waals surface area contributed by atoms with E-state index in [4.69, 9.17) is 0 Å². The van der Waals surface area contributed by atoms with Crippen molar-refractivity contribution in [2.24, 2.45) is 7.05 Å². The minimum absolute atomic E-state index is 0.0233. The number of sulfonamides is 1. The molecule has 1 fully saturated rings. The molecule has 9 nitrogen and oxygen atoms in total. The number of fused-ring (bicyclic) bond motifs is 1. The lowest BCUT2D eigenvalue weighted by Crippen LogP contribution is -2.37. The summed E-state index contributed by atoms with van der Waals surface area (Å²) in [5, 5.41) is 0.0233. The molecule has 0 radical (unpaired) electrons. The molecule has 0 saturated carbocycles. The van der Waals surface area contributed by atoms with E-state index in [1.807, 2.05) is 24.3 Å². The molecule has 3 heterocycles. The lowest BCUT2D eigenvalue weighted by atomic mass is 10.2. The van der Waals surface area contributed by atoms with Crippen LogP contribution in [0.5, 0.6) is 0 Å². The van der Waals surface area contributed by atoms with Crippen molar-refractivity contribution in [3.8, 4) is 0 Å². The highest BCUT2D eigenvalue weighted by molar-refractivity contribution is 7.89. The van der Waals surface area contributed by atoms with E-state index in [1.165, 1.54) is 23.0 Å². The Kier molecular flexibility index (Phi) is 4.82. The maximum absolute atomic E-state index is 12.9. The zero-order chi connectivity index (χ0) is 19.7. The van der Waals surface area contributed by atoms with Gasteiger partial charge in [-0.3, -0.25) is 9.78 Å². The number of hydrogen-bond donors (Lipinski definition) is 0. The predicted octanol–water partition coefficient (Wildman–Crippen LogP) is 0.900. The minimum atomic E-state index is -3.67. The van der Waals surface area contributed by atoms with Gasteiger partial charge in [0.05, 0.1) is 23.6 Å². The SMILES string of the molecule is Cn1cnc(S(=O)(=O)N2CCCN(C(=O)c3cnc4ccccc4n3)CC2)c1. The van der Waals surface area contributed by atoms with Gasteiger partial charge in [-0.15, -0.1) is 0 Å². The summed E-state index contributed by atoms with van der Waals surface area (Å²) in [5.74, 6) is -0.240. The first-order valence-corrected chi connectivity index (χ1v) is 10.4. The van der Waals surface area contributed by atoms with E-state index in [1.54, 1.807) is 16.5 Å². The number of para-hydroxylation sites is 2. The number of amides is 1. The van der Waals surface area contributed by atoms with Crippen molar-refractivity contribution in [1.82, 2.24) is 28.7 Å². The van der Waals surface area contributed by atoms with E-state index < -0.39 is 10.0 Å². The molecular weight excluding hydrogens is 380 g/mol. The van der Waals surface area contributed by atoms with Gasteiger partial charge in [0.1, 0.15) is 5.69 Å². The number of carbonyl (C=O) groups is 1. The van der Waals surface area contributed by atoms with Crippen LogP contribution in [0.1, 0.15) is 16.9 Å². The molecule has 1 amide bonds. The van der Waals surface area contributed by atoms with Gasteiger partial charge in [0.25, 0.3) is 15.9 Å². The van der Waals surface area contributed by atoms with Crippen LogP contribution >= 0.6 is 0 Å². The summed E-state index contributed by atoms with van der Waals surface area (Å²) in [6, 6.07) is 7.35. The third-order valence-corrected chi connectivity index (χ3v) is 6.48. The van der Waals surface area contributed by atoms with Crippen molar-refractivity contribution in [1.29, 1.82) is 0 Å². The summed E-state index contributed by atoms with van der Waals surface area (Å²) < 4.78 is 28.5. The van der Waals surface area contributed by atoms with Gasteiger partial charge in [-0.25, -0.2) is 18.4 Å². The van der Waals surface area contributed by atoms with Crippen molar-refractivity contribution in [3.05, 3.63) is 48.7 Å². The van der Waals surface area contributed by atoms with Gasteiger partial charge in [0.2, 0.25) is 0 Å². The summed E-state index contributed by atoms with van der Waals surface area (Å²) in [6.07, 6.45) is 4.95. The van der Waals surface area contributed by atoms with Crippen LogP contribution in [0.15, 0.2) is 48.0 Å². The maximum Gasteiger partial charge on any atom is 0.274 e. The first kappa shape index (κ1) is 18.5. The van der Waals surface area contributed by atoms with Gasteiger partial charge >= 0.3 is 0 Å². The van der Waals surface area contributed by atoms with Crippen molar-refractivity contribution >= 4 is 27.0 Å². The molecule has 1 aliphatic heterocycles. The molecular formula is C18H20N6O3S. The number of rotatable bonds is 3. The largest absolute Gasteiger partial charge is 0.339 e. The van der Waals surface area contributed by atoms with Gasteiger partial charge in [-0.2, -0.15) is 4.31 Å². The van der Waals surface area contributed by atoms with E-state index in [2.05, 4.69) is 15.0 Å². The number of hydrogen-bond acceptors (Lipinski definition) is 6. The Morgan fingerprint density at radius 1 is 1.04 bits per heavy atom. The zero-order valence-corrected chi connectivity index (χ0v) is 16.2. The molecule has 3 aromatic rings. The Labute approximate surface area is 162 Å². The highest BCUT2D eigenvalue weighted by Gasteiger charge is 2.30. The molecule has 0 aliphatic carbocycles. The van der Waals surface area contributed by atoms with Crippen LogP contribution in [-0.4, -0.2) is 69.2 Å². The topological polar surface area (TPSA) is 101 Å². The maximum atomic E-state index is 12.9. The van der Waals surface area contributed by atoms with E-state index in [9.17, 15) is 13.2 Å². The molecule has 1 aliphatic rings. The van der Waals surface area contributed by atoms with E-state index in [0.717, 1.165) is 5.52 Å². The molecule has 2 aromatic heterocycles. The molecule has 0 spiro atoms. The Morgan fingerprint density at radius 2 is 1.82 bits per heavy atom. The quantitative estimate of drug-likeness (QED) is 0.647. The Morgan fingerprint density at radius 3 is 2.57 bits per heavy atom. The normalized spacial score (nSPS) is 16.2. The third-order valence-electron chi connectivity index (χ3n) is 4.70. The second-order valence-corrected chi connectivity index (χ2v) is 8.56. The van der Waals surface area contributed by atoms with Gasteiger partial charge in [0.15, 0.2) is 5.03 Å². The van der Waals surface area contributed by atoms with Gasteiger partial charge in [-0.05, 0) is 18.6 Å². The molecule has 0 atom stereocenters. The summed E-state index contributed by atoms with van der Waals surface area (Å²) in [5.41, 5.74) is 1.64. The van der Waals surface area contributed by atoms with Crippen molar-refractivity contribution < 1.29 is 13.2 Å². The Balaban J connectivity index is 1.51. The average molecular weight is 400 g/mol. The molecule has 4 rings (SSSR count). The van der Waals surface area contributed by atoms with Crippen LogP contribution in [0, 0.1) is 0 Å². The molecule has 0 bridgehead atoms. The summed E-state index contributed by atoms with van der Waals surface area (Å²) in [7, 11) is -1.95. The number of nitrogens with zero attached hydrogens (tertiary/aromatic N) is 6. The van der Waals surface area contributed by atoms with Crippen molar-refractivity contribution in [3.63, 3.8) is 0 Å². The van der Waals surface area contributed by atoms with Crippen LogP contribution in [0.25, 0.3) is 11.0 Å². The Hall–Kier alpha value is -2.85. The minimum Gasteiger partial charge on any atom is -0.339 e. The fourth-order valence-corrected chi connectivity index (χ4v) is 4.65. The van der Waals surface area contributed by atoms with Crippen LogP contribution < -0.4 is 0 Å². The monoisotopic (exact) mass is 400 g/mol. The molecule has 28 heavy (non-hydrogen) atoms. The lowest BCUT2D eigenvalue weighted by Gasteiger charge is -2.21. The number of aryl methyl sites for hydroxylation is 1. The van der Waals surface area contributed by atoms with Crippen LogP contribution in [-0.2, 0) is 17.1 Å². The van der Waals surface area contributed by atoms with Crippen molar-refractivity contribution in [2.45, 2.75) is 11.4 Å². The second-order valence-electron chi connectivity index (χ2n) is 6.67. The van der Waals surface area contributed by atoms with Crippen LogP contribution in [0.2, 0.25) is 0 Å². The number of aromatic nitrogens is 4. The Bertz CT molecular complexity index is 1130. The van der Waals surface area contributed by atoms with Gasteiger partial charge < -0.3 is 9.47 Å². The number of carbonyl (C=O) groups excluding carboxylic acids is 1. The smallest absolute Gasteiger partial charge is 0.274 e. The first-order chi connectivity index (χ1) is 13.4. The molecule has 1 saturated heterocycles.